The second-order valence-corrected chi connectivity index (χ2v) is 9.28. The van der Waals surface area contributed by atoms with Gasteiger partial charge in [-0.3, -0.25) is 0 Å². The van der Waals surface area contributed by atoms with Crippen LogP contribution in [0.4, 0.5) is 0 Å². The first kappa shape index (κ1) is 6.12. The van der Waals surface area contributed by atoms with Crippen LogP contribution in [0.2, 0.25) is 0 Å². The quantitative estimate of drug-likeness (QED) is 0.467. The van der Waals surface area contributed by atoms with E-state index in [1.807, 2.05) is 18.7 Å². The van der Waals surface area contributed by atoms with E-state index in [1.54, 1.807) is 0 Å². The summed E-state index contributed by atoms with van der Waals surface area (Å²) in [6, 6.07) is 0. The van der Waals surface area contributed by atoms with Gasteiger partial charge in [0.15, 0.2) is 0 Å². The molecule has 0 atom stereocenters. The molecule has 7 heavy (non-hydrogen) atoms. The molecule has 1 radical (unpaired) electrons. The Morgan fingerprint density at radius 1 is 1.29 bits per heavy atom. The Balaban J connectivity index is 2.39. The average molecular weight is 238 g/mol. The molecule has 3 heteroatoms. The SMILES string of the molecule is C1=CS[S][Sb][CH]=C1. The van der Waals surface area contributed by atoms with Crippen molar-refractivity contribution < 1.29 is 0 Å². The van der Waals surface area contributed by atoms with Crippen LogP contribution in [-0.4, -0.2) is 20.2 Å². The van der Waals surface area contributed by atoms with E-state index in [0.717, 1.165) is 0 Å². The van der Waals surface area contributed by atoms with Crippen LogP contribution in [0.25, 0.3) is 0 Å². The van der Waals surface area contributed by atoms with E-state index in [2.05, 4.69) is 21.6 Å². The van der Waals surface area contributed by atoms with Gasteiger partial charge < -0.3 is 0 Å². The van der Waals surface area contributed by atoms with Crippen molar-refractivity contribution in [1.29, 1.82) is 0 Å². The first-order chi connectivity index (χ1) is 3.50. The van der Waals surface area contributed by atoms with Gasteiger partial charge in [-0.15, -0.1) is 0 Å². The number of rotatable bonds is 0. The fraction of sp³-hybridized carbons (Fsp3) is 0. The van der Waals surface area contributed by atoms with Gasteiger partial charge in [-0.2, -0.15) is 0 Å². The molecule has 0 aromatic rings. The molecule has 0 aromatic carbocycles. The molecule has 0 amide bonds. The van der Waals surface area contributed by atoms with Crippen LogP contribution in [0, 0.1) is 0 Å². The van der Waals surface area contributed by atoms with Gasteiger partial charge in [-0.05, 0) is 0 Å². The first-order valence-electron chi connectivity index (χ1n) is 1.84. The Labute approximate surface area is 60.2 Å². The Morgan fingerprint density at radius 2 is 2.29 bits per heavy atom. The molecule has 0 unspecified atom stereocenters. The van der Waals surface area contributed by atoms with Gasteiger partial charge in [0.1, 0.15) is 0 Å². The Bertz CT molecular complexity index is 85.9. The first-order valence-corrected chi connectivity index (χ1v) is 8.61. The summed E-state index contributed by atoms with van der Waals surface area (Å²) in [5.74, 6) is 0. The monoisotopic (exact) mass is 237 g/mol. The minimum atomic E-state index is 0.0282. The summed E-state index contributed by atoms with van der Waals surface area (Å²) in [7, 11) is 3.86. The van der Waals surface area contributed by atoms with Crippen molar-refractivity contribution in [2.45, 2.75) is 0 Å². The zero-order chi connectivity index (χ0) is 4.95. The molecule has 1 rings (SSSR count). The molecule has 0 bridgehead atoms. The molecule has 0 N–H and O–H groups in total. The van der Waals surface area contributed by atoms with Gasteiger partial charge in [0.2, 0.25) is 0 Å². The Kier molecular flexibility index (Phi) is 3.44. The molecular formula is C4H4S2Sb. The molecule has 37 valence electrons. The number of allylic oxidation sites excluding steroid dienone is 2. The molecule has 1 aliphatic rings. The topological polar surface area (TPSA) is 0 Å². The normalized spacial score (nSPS) is 19.4. The maximum absolute atomic E-state index is 2.30. The Morgan fingerprint density at radius 3 is 3.29 bits per heavy atom. The third-order valence-corrected chi connectivity index (χ3v) is 7.85. The van der Waals surface area contributed by atoms with E-state index in [1.165, 1.54) is 0 Å². The van der Waals surface area contributed by atoms with E-state index in [-0.39, 0.29) is 20.2 Å². The summed E-state index contributed by atoms with van der Waals surface area (Å²) in [5, 5.41) is 2.13. The molecule has 0 aromatic heterocycles. The molecule has 1 aliphatic heterocycles. The van der Waals surface area contributed by atoms with Crippen molar-refractivity contribution in [3.63, 3.8) is 0 Å². The van der Waals surface area contributed by atoms with Crippen LogP contribution in [0.5, 0.6) is 0 Å². The van der Waals surface area contributed by atoms with Crippen LogP contribution in [0.1, 0.15) is 0 Å². The van der Waals surface area contributed by atoms with Crippen molar-refractivity contribution in [3.8, 4) is 0 Å². The van der Waals surface area contributed by atoms with E-state index < -0.39 is 0 Å². The van der Waals surface area contributed by atoms with Crippen molar-refractivity contribution in [1.82, 2.24) is 0 Å². The second-order valence-electron chi connectivity index (χ2n) is 0.946. The molecule has 0 saturated carbocycles. The van der Waals surface area contributed by atoms with Crippen LogP contribution in [0.3, 0.4) is 0 Å². The van der Waals surface area contributed by atoms with E-state index in [9.17, 15) is 0 Å². The molecular weight excluding hydrogens is 234 g/mol. The van der Waals surface area contributed by atoms with Crippen LogP contribution >= 0.6 is 18.7 Å². The third kappa shape index (κ3) is 2.73. The molecule has 1 heterocycles. The van der Waals surface area contributed by atoms with Crippen LogP contribution in [0.15, 0.2) is 21.6 Å². The van der Waals surface area contributed by atoms with E-state index >= 15 is 0 Å². The van der Waals surface area contributed by atoms with Crippen molar-refractivity contribution in [3.05, 3.63) is 21.6 Å². The van der Waals surface area contributed by atoms with Gasteiger partial charge >= 0.3 is 60.5 Å². The number of hydrogen-bond acceptors (Lipinski definition) is 2. The molecule has 0 spiro atoms. The van der Waals surface area contributed by atoms with Gasteiger partial charge in [0.25, 0.3) is 0 Å². The predicted molar refractivity (Wildman–Crippen MR) is 39.2 cm³/mol. The minimum absolute atomic E-state index is 0.0282. The van der Waals surface area contributed by atoms with E-state index in [0.29, 0.717) is 0 Å². The van der Waals surface area contributed by atoms with Gasteiger partial charge in [0, 0.05) is 0 Å². The summed E-state index contributed by atoms with van der Waals surface area (Å²) in [5.41, 5.74) is 0. The summed E-state index contributed by atoms with van der Waals surface area (Å²) in [4.78, 5) is 0. The summed E-state index contributed by atoms with van der Waals surface area (Å²) >= 11 is 0.0282. The van der Waals surface area contributed by atoms with E-state index in [4.69, 9.17) is 0 Å². The van der Waals surface area contributed by atoms with Gasteiger partial charge in [0.05, 0.1) is 0 Å². The molecule has 0 nitrogen and oxygen atoms in total. The second kappa shape index (κ2) is 3.94. The zero-order valence-electron chi connectivity index (χ0n) is 3.57. The van der Waals surface area contributed by atoms with Crippen LogP contribution in [-0.2, 0) is 0 Å². The molecule has 0 fully saturated rings. The van der Waals surface area contributed by atoms with Crippen molar-refractivity contribution >= 4 is 38.9 Å². The summed E-state index contributed by atoms with van der Waals surface area (Å²) < 4.78 is 2.30. The van der Waals surface area contributed by atoms with Crippen LogP contribution < -0.4 is 0 Å². The zero-order valence-corrected chi connectivity index (χ0v) is 7.76. The maximum atomic E-state index is 2.30. The molecule has 0 saturated heterocycles. The predicted octanol–water partition coefficient (Wildman–Crippen LogP) is 2.03. The van der Waals surface area contributed by atoms with Gasteiger partial charge in [-0.1, -0.05) is 0 Å². The Hall–Kier alpha value is 0.998. The van der Waals surface area contributed by atoms with Crippen molar-refractivity contribution in [2.75, 3.05) is 0 Å². The molecule has 0 aliphatic carbocycles. The summed E-state index contributed by atoms with van der Waals surface area (Å²) in [6.45, 7) is 0. The third-order valence-electron chi connectivity index (χ3n) is 0.478. The summed E-state index contributed by atoms with van der Waals surface area (Å²) in [6.07, 6.45) is 4.24. The van der Waals surface area contributed by atoms with Gasteiger partial charge in [-0.25, -0.2) is 0 Å². The van der Waals surface area contributed by atoms with Crippen molar-refractivity contribution in [2.24, 2.45) is 0 Å². The standard InChI is InChI=1S/C4H5S2.Sb/c1-2-3-4-6-5;/h1-5H;/q;+1/p-1. The fourth-order valence-corrected chi connectivity index (χ4v) is 5.97. The fourth-order valence-electron chi connectivity index (χ4n) is 0.237. The average Bonchev–Trinajstić information content (AvgIpc) is 1.90. The number of hydrogen-bond donors (Lipinski definition) is 0.